The zero-order chi connectivity index (χ0) is 14.6. The number of aliphatic carboxylic acids is 1. The maximum Gasteiger partial charge on any atom is 0.310 e. The van der Waals surface area contributed by atoms with Gasteiger partial charge in [0.2, 0.25) is 0 Å². The second kappa shape index (κ2) is 6.42. The van der Waals surface area contributed by atoms with Gasteiger partial charge in [0.25, 0.3) is 0 Å². The Hall–Kier alpha value is -1.32. The molecule has 0 saturated heterocycles. The minimum absolute atomic E-state index is 0.584. The van der Waals surface area contributed by atoms with Crippen molar-refractivity contribution in [2.24, 2.45) is 12.5 Å². The van der Waals surface area contributed by atoms with Gasteiger partial charge >= 0.3 is 5.97 Å². The molecule has 1 N–H and O–H groups in total. The van der Waals surface area contributed by atoms with Crippen LogP contribution in [0.25, 0.3) is 0 Å². The number of hydrogen-bond acceptors (Lipinski definition) is 2. The Morgan fingerprint density at radius 2 is 1.90 bits per heavy atom. The second-order valence-corrected chi connectivity index (χ2v) is 6.13. The van der Waals surface area contributed by atoms with Gasteiger partial charge in [-0.2, -0.15) is 5.10 Å². The second-order valence-electron chi connectivity index (χ2n) is 6.13. The smallest absolute Gasteiger partial charge is 0.310 e. The van der Waals surface area contributed by atoms with Crippen LogP contribution in [-0.4, -0.2) is 20.9 Å². The number of aryl methyl sites for hydroxylation is 2. The van der Waals surface area contributed by atoms with Crippen molar-refractivity contribution in [2.75, 3.05) is 0 Å². The summed E-state index contributed by atoms with van der Waals surface area (Å²) in [4.78, 5) is 11.9. The van der Waals surface area contributed by atoms with Gasteiger partial charge in [-0.1, -0.05) is 39.0 Å². The third-order valence-electron chi connectivity index (χ3n) is 4.67. The standard InChI is InChI=1S/C16H26N2O2/c1-3-13-11-14(18(2)17-13)12-16(15(19)20)9-7-5-4-6-8-10-16/h11H,3-10,12H2,1-2H3,(H,19,20). The van der Waals surface area contributed by atoms with Crippen molar-refractivity contribution in [3.05, 3.63) is 17.5 Å². The van der Waals surface area contributed by atoms with Crippen LogP contribution in [0.1, 0.15) is 63.3 Å². The fourth-order valence-corrected chi connectivity index (χ4v) is 3.30. The van der Waals surface area contributed by atoms with E-state index in [-0.39, 0.29) is 0 Å². The average Bonchev–Trinajstić information content (AvgIpc) is 2.73. The summed E-state index contributed by atoms with van der Waals surface area (Å²) >= 11 is 0. The minimum atomic E-state index is -0.626. The number of carboxylic acid groups (broad SMARTS) is 1. The third kappa shape index (κ3) is 3.22. The molecule has 1 aliphatic rings. The van der Waals surface area contributed by atoms with E-state index in [1.54, 1.807) is 0 Å². The van der Waals surface area contributed by atoms with E-state index in [1.165, 1.54) is 19.3 Å². The van der Waals surface area contributed by atoms with E-state index in [4.69, 9.17) is 0 Å². The Labute approximate surface area is 121 Å². The summed E-state index contributed by atoms with van der Waals surface area (Å²) in [6.07, 6.45) is 8.77. The molecule has 0 amide bonds. The molecule has 2 rings (SSSR count). The predicted octanol–water partition coefficient (Wildman–Crippen LogP) is 3.34. The van der Waals surface area contributed by atoms with Gasteiger partial charge in [0, 0.05) is 19.2 Å². The molecule has 0 unspecified atom stereocenters. The summed E-state index contributed by atoms with van der Waals surface area (Å²) in [7, 11) is 1.92. The van der Waals surface area contributed by atoms with E-state index in [9.17, 15) is 9.90 Å². The van der Waals surface area contributed by atoms with Crippen molar-refractivity contribution in [3.63, 3.8) is 0 Å². The van der Waals surface area contributed by atoms with Gasteiger partial charge in [-0.25, -0.2) is 0 Å². The Balaban J connectivity index is 2.22. The van der Waals surface area contributed by atoms with E-state index in [0.29, 0.717) is 6.42 Å². The zero-order valence-electron chi connectivity index (χ0n) is 12.7. The fourth-order valence-electron chi connectivity index (χ4n) is 3.30. The summed E-state index contributed by atoms with van der Waals surface area (Å²) in [5, 5.41) is 14.2. The monoisotopic (exact) mass is 278 g/mol. The van der Waals surface area contributed by atoms with Crippen LogP contribution in [-0.2, 0) is 24.7 Å². The normalized spacial score (nSPS) is 19.3. The lowest BCUT2D eigenvalue weighted by molar-refractivity contribution is -0.150. The molecular formula is C16H26N2O2. The molecule has 0 atom stereocenters. The van der Waals surface area contributed by atoms with Crippen LogP contribution < -0.4 is 0 Å². The Bertz CT molecular complexity index is 457. The summed E-state index contributed by atoms with van der Waals surface area (Å²) < 4.78 is 1.86. The van der Waals surface area contributed by atoms with Gasteiger partial charge < -0.3 is 5.11 Å². The van der Waals surface area contributed by atoms with Crippen molar-refractivity contribution in [1.29, 1.82) is 0 Å². The number of aromatic nitrogens is 2. The SMILES string of the molecule is CCc1cc(CC2(C(=O)O)CCCCCCC2)n(C)n1. The summed E-state index contributed by atoms with van der Waals surface area (Å²) in [6.45, 7) is 2.08. The molecule has 1 heterocycles. The Morgan fingerprint density at radius 3 is 2.40 bits per heavy atom. The van der Waals surface area contributed by atoms with Gasteiger partial charge in [-0.05, 0) is 25.3 Å². The van der Waals surface area contributed by atoms with Crippen LogP contribution in [0, 0.1) is 5.41 Å². The highest BCUT2D eigenvalue weighted by molar-refractivity contribution is 5.75. The molecule has 1 aromatic rings. The van der Waals surface area contributed by atoms with Gasteiger partial charge in [-0.15, -0.1) is 0 Å². The topological polar surface area (TPSA) is 55.1 Å². The molecule has 0 aromatic carbocycles. The molecule has 1 saturated carbocycles. The van der Waals surface area contributed by atoms with Crippen molar-refractivity contribution in [1.82, 2.24) is 9.78 Å². The fraction of sp³-hybridized carbons (Fsp3) is 0.750. The molecule has 4 heteroatoms. The number of rotatable bonds is 4. The van der Waals surface area contributed by atoms with Crippen molar-refractivity contribution >= 4 is 5.97 Å². The molecule has 0 radical (unpaired) electrons. The van der Waals surface area contributed by atoms with Gasteiger partial charge in [0.15, 0.2) is 0 Å². The van der Waals surface area contributed by atoms with E-state index in [1.807, 2.05) is 11.7 Å². The van der Waals surface area contributed by atoms with Gasteiger partial charge in [-0.3, -0.25) is 9.48 Å². The predicted molar refractivity (Wildman–Crippen MR) is 78.7 cm³/mol. The zero-order valence-corrected chi connectivity index (χ0v) is 12.7. The summed E-state index contributed by atoms with van der Waals surface area (Å²) in [6, 6.07) is 2.07. The van der Waals surface area contributed by atoms with Crippen molar-refractivity contribution in [2.45, 2.75) is 64.7 Å². The number of carbonyl (C=O) groups is 1. The maximum atomic E-state index is 11.9. The molecule has 1 fully saturated rings. The quantitative estimate of drug-likeness (QED) is 0.919. The first kappa shape index (κ1) is 15.1. The minimum Gasteiger partial charge on any atom is -0.481 e. The molecule has 20 heavy (non-hydrogen) atoms. The number of carboxylic acids is 1. The maximum absolute atomic E-state index is 11.9. The Kier molecular flexibility index (Phi) is 4.84. The Morgan fingerprint density at radius 1 is 1.30 bits per heavy atom. The molecule has 0 bridgehead atoms. The van der Waals surface area contributed by atoms with E-state index in [0.717, 1.165) is 43.5 Å². The first-order valence-electron chi connectivity index (χ1n) is 7.82. The summed E-state index contributed by atoms with van der Waals surface area (Å²) in [5.41, 5.74) is 1.53. The van der Waals surface area contributed by atoms with Crippen molar-refractivity contribution < 1.29 is 9.90 Å². The third-order valence-corrected chi connectivity index (χ3v) is 4.67. The number of nitrogens with zero attached hydrogens (tertiary/aromatic N) is 2. The van der Waals surface area contributed by atoms with Gasteiger partial charge in [0.05, 0.1) is 11.1 Å². The van der Waals surface area contributed by atoms with Crippen LogP contribution >= 0.6 is 0 Å². The molecule has 4 nitrogen and oxygen atoms in total. The number of hydrogen-bond donors (Lipinski definition) is 1. The van der Waals surface area contributed by atoms with Crippen LogP contribution in [0.15, 0.2) is 6.07 Å². The highest BCUT2D eigenvalue weighted by atomic mass is 16.4. The van der Waals surface area contributed by atoms with Gasteiger partial charge in [0.1, 0.15) is 0 Å². The van der Waals surface area contributed by atoms with E-state index >= 15 is 0 Å². The lowest BCUT2D eigenvalue weighted by Crippen LogP contribution is -2.34. The van der Waals surface area contributed by atoms with Crippen molar-refractivity contribution in [3.8, 4) is 0 Å². The first-order chi connectivity index (χ1) is 9.57. The van der Waals surface area contributed by atoms with Crippen LogP contribution in [0.5, 0.6) is 0 Å². The summed E-state index contributed by atoms with van der Waals surface area (Å²) in [5.74, 6) is -0.626. The van der Waals surface area contributed by atoms with Crippen LogP contribution in [0.3, 0.4) is 0 Å². The highest BCUT2D eigenvalue weighted by Crippen LogP contribution is 2.37. The highest BCUT2D eigenvalue weighted by Gasteiger charge is 2.39. The lowest BCUT2D eigenvalue weighted by atomic mass is 9.73. The van der Waals surface area contributed by atoms with E-state index < -0.39 is 11.4 Å². The first-order valence-corrected chi connectivity index (χ1v) is 7.82. The average molecular weight is 278 g/mol. The van der Waals surface area contributed by atoms with Crippen LogP contribution in [0.4, 0.5) is 0 Å². The molecule has 1 aliphatic carbocycles. The van der Waals surface area contributed by atoms with Crippen LogP contribution in [0.2, 0.25) is 0 Å². The largest absolute Gasteiger partial charge is 0.481 e. The molecule has 112 valence electrons. The van der Waals surface area contributed by atoms with E-state index in [2.05, 4.69) is 18.1 Å². The molecular weight excluding hydrogens is 252 g/mol. The molecule has 0 spiro atoms. The molecule has 1 aromatic heterocycles. The molecule has 0 aliphatic heterocycles. The lowest BCUT2D eigenvalue weighted by Gasteiger charge is -2.31.